The van der Waals surface area contributed by atoms with Gasteiger partial charge < -0.3 is 5.32 Å². The Morgan fingerprint density at radius 1 is 1.28 bits per heavy atom. The zero-order valence-corrected chi connectivity index (χ0v) is 11.6. The van der Waals surface area contributed by atoms with Crippen molar-refractivity contribution in [2.75, 3.05) is 19.6 Å². The summed E-state index contributed by atoms with van der Waals surface area (Å²) in [5.41, 5.74) is 0. The molecule has 1 aliphatic carbocycles. The lowest BCUT2D eigenvalue weighted by Gasteiger charge is -2.34. The van der Waals surface area contributed by atoms with Crippen molar-refractivity contribution in [3.8, 4) is 0 Å². The maximum atomic E-state index is 12.6. The lowest BCUT2D eigenvalue weighted by Crippen LogP contribution is -2.46. The molecule has 5 heteroatoms. The van der Waals surface area contributed by atoms with E-state index in [9.17, 15) is 13.2 Å². The Kier molecular flexibility index (Phi) is 5.92. The standard InChI is InChI=1S/C13H25F3N2/c1-4-7-17-8-10(2)11(3)18(12-5-6-12)9-13(14,15)16/h10-12,17H,4-9H2,1-3H3. The maximum Gasteiger partial charge on any atom is 0.401 e. The minimum Gasteiger partial charge on any atom is -0.316 e. The average molecular weight is 266 g/mol. The lowest BCUT2D eigenvalue weighted by atomic mass is 10.0. The molecule has 0 radical (unpaired) electrons. The largest absolute Gasteiger partial charge is 0.401 e. The average Bonchev–Trinajstić information content (AvgIpc) is 3.07. The molecule has 0 saturated heterocycles. The monoisotopic (exact) mass is 266 g/mol. The van der Waals surface area contributed by atoms with Crippen LogP contribution in [0, 0.1) is 5.92 Å². The predicted molar refractivity (Wildman–Crippen MR) is 67.6 cm³/mol. The molecule has 2 unspecified atom stereocenters. The first-order valence-corrected chi connectivity index (χ1v) is 6.88. The van der Waals surface area contributed by atoms with Crippen LogP contribution in [0.2, 0.25) is 0 Å². The number of nitrogens with zero attached hydrogens (tertiary/aromatic N) is 1. The van der Waals surface area contributed by atoms with Crippen molar-refractivity contribution in [2.45, 2.75) is 58.3 Å². The molecule has 1 N–H and O–H groups in total. The predicted octanol–water partition coefficient (Wildman–Crippen LogP) is 3.04. The molecule has 0 aromatic rings. The number of alkyl halides is 3. The van der Waals surface area contributed by atoms with Crippen LogP contribution in [0.15, 0.2) is 0 Å². The van der Waals surface area contributed by atoms with E-state index < -0.39 is 12.7 Å². The molecule has 0 spiro atoms. The Labute approximate surface area is 108 Å². The van der Waals surface area contributed by atoms with Gasteiger partial charge in [-0.15, -0.1) is 0 Å². The van der Waals surface area contributed by atoms with Crippen molar-refractivity contribution in [3.63, 3.8) is 0 Å². The van der Waals surface area contributed by atoms with Gasteiger partial charge in [-0.3, -0.25) is 4.90 Å². The van der Waals surface area contributed by atoms with Crippen LogP contribution in [0.3, 0.4) is 0 Å². The van der Waals surface area contributed by atoms with E-state index in [1.54, 1.807) is 4.90 Å². The molecule has 0 aliphatic heterocycles. The molecular weight excluding hydrogens is 241 g/mol. The second kappa shape index (κ2) is 6.75. The number of hydrogen-bond acceptors (Lipinski definition) is 2. The summed E-state index contributed by atoms with van der Waals surface area (Å²) in [5.74, 6) is 0.236. The van der Waals surface area contributed by atoms with Gasteiger partial charge >= 0.3 is 6.18 Å². The van der Waals surface area contributed by atoms with Crippen molar-refractivity contribution in [3.05, 3.63) is 0 Å². The topological polar surface area (TPSA) is 15.3 Å². The van der Waals surface area contributed by atoms with E-state index >= 15 is 0 Å². The Morgan fingerprint density at radius 3 is 2.33 bits per heavy atom. The van der Waals surface area contributed by atoms with E-state index in [-0.39, 0.29) is 18.0 Å². The van der Waals surface area contributed by atoms with E-state index in [4.69, 9.17) is 0 Å². The fourth-order valence-electron chi connectivity index (χ4n) is 2.22. The first-order valence-electron chi connectivity index (χ1n) is 6.88. The molecule has 0 amide bonds. The summed E-state index contributed by atoms with van der Waals surface area (Å²) < 4.78 is 37.7. The molecule has 0 heterocycles. The second-order valence-electron chi connectivity index (χ2n) is 5.44. The molecule has 0 aromatic heterocycles. The molecule has 0 aromatic carbocycles. The van der Waals surface area contributed by atoms with Gasteiger partial charge in [0.05, 0.1) is 6.54 Å². The van der Waals surface area contributed by atoms with E-state index in [2.05, 4.69) is 12.2 Å². The highest BCUT2D eigenvalue weighted by molar-refractivity contribution is 4.90. The van der Waals surface area contributed by atoms with Crippen molar-refractivity contribution in [1.29, 1.82) is 0 Å². The second-order valence-corrected chi connectivity index (χ2v) is 5.44. The first-order chi connectivity index (χ1) is 8.35. The minimum absolute atomic E-state index is 0.0246. The Balaban J connectivity index is 2.45. The third kappa shape index (κ3) is 5.57. The Morgan fingerprint density at radius 2 is 1.89 bits per heavy atom. The van der Waals surface area contributed by atoms with Crippen LogP contribution < -0.4 is 5.32 Å². The van der Waals surface area contributed by atoms with Crippen molar-refractivity contribution in [1.82, 2.24) is 10.2 Å². The fraction of sp³-hybridized carbons (Fsp3) is 1.00. The Hall–Kier alpha value is -0.290. The van der Waals surface area contributed by atoms with Gasteiger partial charge in [0.2, 0.25) is 0 Å². The third-order valence-corrected chi connectivity index (χ3v) is 3.62. The van der Waals surface area contributed by atoms with Gasteiger partial charge in [-0.1, -0.05) is 13.8 Å². The van der Waals surface area contributed by atoms with Gasteiger partial charge in [0.25, 0.3) is 0 Å². The van der Waals surface area contributed by atoms with Crippen LogP contribution in [-0.2, 0) is 0 Å². The summed E-state index contributed by atoms with van der Waals surface area (Å²) in [6.45, 7) is 6.98. The highest BCUT2D eigenvalue weighted by atomic mass is 19.4. The molecule has 0 bridgehead atoms. The van der Waals surface area contributed by atoms with Crippen LogP contribution in [0.1, 0.15) is 40.0 Å². The van der Waals surface area contributed by atoms with E-state index in [1.807, 2.05) is 13.8 Å². The zero-order valence-electron chi connectivity index (χ0n) is 11.6. The normalized spacial score (nSPS) is 20.2. The summed E-state index contributed by atoms with van der Waals surface area (Å²) in [5, 5.41) is 3.28. The summed E-state index contributed by atoms with van der Waals surface area (Å²) >= 11 is 0. The number of rotatable bonds is 8. The minimum atomic E-state index is -4.09. The van der Waals surface area contributed by atoms with Gasteiger partial charge in [0.15, 0.2) is 0 Å². The quantitative estimate of drug-likeness (QED) is 0.679. The van der Waals surface area contributed by atoms with E-state index in [0.29, 0.717) is 0 Å². The van der Waals surface area contributed by atoms with Crippen molar-refractivity contribution < 1.29 is 13.2 Å². The van der Waals surface area contributed by atoms with Crippen LogP contribution in [0.4, 0.5) is 13.2 Å². The SMILES string of the molecule is CCCNCC(C)C(C)N(CC(F)(F)F)C1CC1. The molecule has 18 heavy (non-hydrogen) atoms. The Bertz CT molecular complexity index is 239. The van der Waals surface area contributed by atoms with Crippen LogP contribution >= 0.6 is 0 Å². The molecule has 1 fully saturated rings. The molecule has 108 valence electrons. The third-order valence-electron chi connectivity index (χ3n) is 3.62. The van der Waals surface area contributed by atoms with E-state index in [0.717, 1.165) is 32.4 Å². The summed E-state index contributed by atoms with van der Waals surface area (Å²) in [7, 11) is 0. The number of nitrogens with one attached hydrogen (secondary N) is 1. The van der Waals surface area contributed by atoms with E-state index in [1.165, 1.54) is 0 Å². The fourth-order valence-corrected chi connectivity index (χ4v) is 2.22. The van der Waals surface area contributed by atoms with Gasteiger partial charge in [-0.2, -0.15) is 13.2 Å². The summed E-state index contributed by atoms with van der Waals surface area (Å²) in [6.07, 6.45) is -1.21. The molecular formula is C13H25F3N2. The molecule has 2 atom stereocenters. The van der Waals surface area contributed by atoms with Gasteiger partial charge in [-0.25, -0.2) is 0 Å². The summed E-state index contributed by atoms with van der Waals surface area (Å²) in [4.78, 5) is 1.64. The summed E-state index contributed by atoms with van der Waals surface area (Å²) in [6, 6.07) is 0.124. The molecule has 1 rings (SSSR count). The maximum absolute atomic E-state index is 12.6. The highest BCUT2D eigenvalue weighted by Crippen LogP contribution is 2.33. The van der Waals surface area contributed by atoms with Gasteiger partial charge in [0.1, 0.15) is 0 Å². The smallest absolute Gasteiger partial charge is 0.316 e. The number of hydrogen-bond donors (Lipinski definition) is 1. The lowest BCUT2D eigenvalue weighted by molar-refractivity contribution is -0.153. The first kappa shape index (κ1) is 15.8. The molecule has 2 nitrogen and oxygen atoms in total. The van der Waals surface area contributed by atoms with Crippen LogP contribution in [-0.4, -0.2) is 42.8 Å². The molecule has 1 aliphatic rings. The molecule has 1 saturated carbocycles. The number of halogens is 3. The van der Waals surface area contributed by atoms with Gasteiger partial charge in [0, 0.05) is 12.1 Å². The highest BCUT2D eigenvalue weighted by Gasteiger charge is 2.41. The van der Waals surface area contributed by atoms with Crippen LogP contribution in [0.25, 0.3) is 0 Å². The van der Waals surface area contributed by atoms with Crippen LogP contribution in [0.5, 0.6) is 0 Å². The zero-order chi connectivity index (χ0) is 13.8. The van der Waals surface area contributed by atoms with Gasteiger partial charge in [-0.05, 0) is 45.2 Å². The van der Waals surface area contributed by atoms with Crippen molar-refractivity contribution in [2.24, 2.45) is 5.92 Å². The van der Waals surface area contributed by atoms with Crippen molar-refractivity contribution >= 4 is 0 Å².